The lowest BCUT2D eigenvalue weighted by molar-refractivity contribution is 0.0945. The number of hydrogen-bond acceptors (Lipinski definition) is 2. The Balaban J connectivity index is 2.75. The molecule has 0 spiro atoms. The molecule has 4 heteroatoms. The van der Waals surface area contributed by atoms with Crippen LogP contribution < -0.4 is 5.32 Å². The second-order valence-electron chi connectivity index (χ2n) is 3.59. The summed E-state index contributed by atoms with van der Waals surface area (Å²) in [6.07, 6.45) is -0.275. The topological polar surface area (TPSA) is 66.4 Å². The summed E-state index contributed by atoms with van der Waals surface area (Å²) in [7, 11) is 0. The smallest absolute Gasteiger partial charge is 0.405 e. The minimum absolute atomic E-state index is 0.218. The van der Waals surface area contributed by atoms with Crippen molar-refractivity contribution < 1.29 is 14.7 Å². The minimum atomic E-state index is -1.19. The summed E-state index contributed by atoms with van der Waals surface area (Å²) in [5.74, 6) is -0.218. The predicted octanol–water partition coefficient (Wildman–Crippen LogP) is 2.09. The van der Waals surface area contributed by atoms with Gasteiger partial charge in [0.05, 0.1) is 6.04 Å². The van der Waals surface area contributed by atoms with E-state index in [2.05, 4.69) is 5.32 Å². The Morgan fingerprint density at radius 1 is 1.31 bits per heavy atom. The van der Waals surface area contributed by atoms with Gasteiger partial charge in [0.2, 0.25) is 0 Å². The first-order valence-corrected chi connectivity index (χ1v) is 5.17. The Hall–Kier alpha value is -1.84. The van der Waals surface area contributed by atoms with Gasteiger partial charge < -0.3 is 10.4 Å². The summed E-state index contributed by atoms with van der Waals surface area (Å²) < 4.78 is 0. The molecule has 1 rings (SSSR count). The van der Waals surface area contributed by atoms with Gasteiger partial charge in [-0.1, -0.05) is 31.2 Å². The van der Waals surface area contributed by atoms with Gasteiger partial charge in [0.1, 0.15) is 0 Å². The van der Waals surface area contributed by atoms with Crippen molar-refractivity contribution in [2.24, 2.45) is 0 Å². The van der Waals surface area contributed by atoms with Crippen molar-refractivity contribution in [1.29, 1.82) is 0 Å². The third-order valence-electron chi connectivity index (χ3n) is 2.38. The van der Waals surface area contributed by atoms with Crippen molar-refractivity contribution in [2.45, 2.75) is 26.3 Å². The number of Topliss-reactive ketones (excluding diaryl/α,β-unsaturated/α-hetero) is 1. The van der Waals surface area contributed by atoms with Crippen LogP contribution >= 0.6 is 0 Å². The highest BCUT2D eigenvalue weighted by Crippen LogP contribution is 2.07. The molecule has 0 aliphatic carbocycles. The van der Waals surface area contributed by atoms with Crippen LogP contribution in [0.5, 0.6) is 0 Å². The fourth-order valence-electron chi connectivity index (χ4n) is 1.41. The standard InChI is InChI=1S/C12H15NO3/c1-3-9-4-6-10(7-5-9)11(14)8(2)13-12(15)16/h4-8,13H,3H2,1-2H3,(H,15,16)/t8-/m0/s1. The van der Waals surface area contributed by atoms with Gasteiger partial charge in [-0.2, -0.15) is 0 Å². The van der Waals surface area contributed by atoms with E-state index < -0.39 is 12.1 Å². The number of carbonyl (C=O) groups excluding carboxylic acids is 1. The monoisotopic (exact) mass is 221 g/mol. The third-order valence-corrected chi connectivity index (χ3v) is 2.38. The molecule has 0 aromatic heterocycles. The molecule has 2 N–H and O–H groups in total. The Labute approximate surface area is 94.3 Å². The molecular weight excluding hydrogens is 206 g/mol. The molecule has 0 radical (unpaired) electrons. The molecule has 0 unspecified atom stereocenters. The number of aryl methyl sites for hydroxylation is 1. The van der Waals surface area contributed by atoms with Crippen LogP contribution in [0.3, 0.4) is 0 Å². The predicted molar refractivity (Wildman–Crippen MR) is 60.8 cm³/mol. The van der Waals surface area contributed by atoms with Crippen molar-refractivity contribution in [1.82, 2.24) is 5.32 Å². The average molecular weight is 221 g/mol. The van der Waals surface area contributed by atoms with Gasteiger partial charge in [-0.3, -0.25) is 4.79 Å². The van der Waals surface area contributed by atoms with Gasteiger partial charge in [-0.15, -0.1) is 0 Å². The molecule has 0 saturated carbocycles. The molecule has 1 atom stereocenters. The first-order chi connectivity index (χ1) is 7.54. The molecule has 0 aliphatic heterocycles. The summed E-state index contributed by atoms with van der Waals surface area (Å²) in [5.41, 5.74) is 1.67. The summed E-state index contributed by atoms with van der Waals surface area (Å²) in [5, 5.41) is 10.6. The Morgan fingerprint density at radius 3 is 2.31 bits per heavy atom. The largest absolute Gasteiger partial charge is 0.465 e. The number of rotatable bonds is 4. The van der Waals surface area contributed by atoms with Crippen LogP contribution in [0.15, 0.2) is 24.3 Å². The second-order valence-corrected chi connectivity index (χ2v) is 3.59. The first kappa shape index (κ1) is 12.2. The van der Waals surface area contributed by atoms with E-state index in [1.54, 1.807) is 12.1 Å². The van der Waals surface area contributed by atoms with Gasteiger partial charge in [0, 0.05) is 5.56 Å². The number of ketones is 1. The maximum atomic E-state index is 11.8. The quantitative estimate of drug-likeness (QED) is 0.765. The normalized spacial score (nSPS) is 11.9. The van der Waals surface area contributed by atoms with Crippen molar-refractivity contribution in [2.75, 3.05) is 0 Å². The Kier molecular flexibility index (Phi) is 4.05. The van der Waals surface area contributed by atoms with E-state index in [9.17, 15) is 9.59 Å². The zero-order chi connectivity index (χ0) is 12.1. The highest BCUT2D eigenvalue weighted by molar-refractivity contribution is 6.01. The lowest BCUT2D eigenvalue weighted by Gasteiger charge is -2.10. The van der Waals surface area contributed by atoms with E-state index in [1.165, 1.54) is 6.92 Å². The number of carboxylic acid groups (broad SMARTS) is 1. The van der Waals surface area contributed by atoms with Crippen LogP contribution in [0.2, 0.25) is 0 Å². The number of nitrogens with one attached hydrogen (secondary N) is 1. The maximum Gasteiger partial charge on any atom is 0.405 e. The SMILES string of the molecule is CCc1ccc(C(=O)[C@H](C)NC(=O)O)cc1. The summed E-state index contributed by atoms with van der Waals surface area (Å²) in [4.78, 5) is 22.1. The maximum absolute atomic E-state index is 11.8. The van der Waals surface area contributed by atoms with Crippen LogP contribution in [0.1, 0.15) is 29.8 Å². The summed E-state index contributed by atoms with van der Waals surface area (Å²) in [6, 6.07) is 6.48. The van der Waals surface area contributed by atoms with Gasteiger partial charge >= 0.3 is 6.09 Å². The molecule has 4 nitrogen and oxygen atoms in total. The number of hydrogen-bond donors (Lipinski definition) is 2. The second kappa shape index (κ2) is 5.30. The minimum Gasteiger partial charge on any atom is -0.465 e. The molecule has 0 aliphatic rings. The number of benzene rings is 1. The molecule has 1 amide bonds. The highest BCUT2D eigenvalue weighted by Gasteiger charge is 2.16. The van der Waals surface area contributed by atoms with E-state index in [-0.39, 0.29) is 5.78 Å². The van der Waals surface area contributed by atoms with E-state index in [1.807, 2.05) is 19.1 Å². The van der Waals surface area contributed by atoms with Crippen LogP contribution in [0.4, 0.5) is 4.79 Å². The fourth-order valence-corrected chi connectivity index (χ4v) is 1.41. The molecule has 0 saturated heterocycles. The van der Waals surface area contributed by atoms with Gasteiger partial charge in [-0.25, -0.2) is 4.79 Å². The zero-order valence-corrected chi connectivity index (χ0v) is 9.36. The van der Waals surface area contributed by atoms with Crippen LogP contribution in [0.25, 0.3) is 0 Å². The molecule has 86 valence electrons. The van der Waals surface area contributed by atoms with Crippen molar-refractivity contribution >= 4 is 11.9 Å². The molecule has 0 heterocycles. The molecule has 0 fully saturated rings. The van der Waals surface area contributed by atoms with E-state index >= 15 is 0 Å². The zero-order valence-electron chi connectivity index (χ0n) is 9.36. The van der Waals surface area contributed by atoms with Gasteiger partial charge in [0.25, 0.3) is 0 Å². The Morgan fingerprint density at radius 2 is 1.88 bits per heavy atom. The fraction of sp³-hybridized carbons (Fsp3) is 0.333. The number of carbonyl (C=O) groups is 2. The van der Waals surface area contributed by atoms with Crippen molar-refractivity contribution in [3.63, 3.8) is 0 Å². The number of amides is 1. The lowest BCUT2D eigenvalue weighted by Crippen LogP contribution is -2.37. The first-order valence-electron chi connectivity index (χ1n) is 5.17. The molecule has 0 bridgehead atoms. The van der Waals surface area contributed by atoms with Crippen molar-refractivity contribution in [3.8, 4) is 0 Å². The third kappa shape index (κ3) is 3.08. The molecular formula is C12H15NO3. The van der Waals surface area contributed by atoms with Crippen LogP contribution in [-0.2, 0) is 6.42 Å². The van der Waals surface area contributed by atoms with E-state index in [0.717, 1.165) is 12.0 Å². The van der Waals surface area contributed by atoms with E-state index in [0.29, 0.717) is 5.56 Å². The highest BCUT2D eigenvalue weighted by atomic mass is 16.4. The molecule has 16 heavy (non-hydrogen) atoms. The lowest BCUT2D eigenvalue weighted by atomic mass is 10.0. The average Bonchev–Trinajstić information content (AvgIpc) is 2.27. The Bertz CT molecular complexity index is 384. The van der Waals surface area contributed by atoms with Crippen LogP contribution in [-0.4, -0.2) is 23.0 Å². The van der Waals surface area contributed by atoms with Gasteiger partial charge in [-0.05, 0) is 18.9 Å². The summed E-state index contributed by atoms with van der Waals surface area (Å²) >= 11 is 0. The summed E-state index contributed by atoms with van der Waals surface area (Å²) in [6.45, 7) is 3.57. The van der Waals surface area contributed by atoms with E-state index in [4.69, 9.17) is 5.11 Å². The van der Waals surface area contributed by atoms with Gasteiger partial charge in [0.15, 0.2) is 5.78 Å². The van der Waals surface area contributed by atoms with Crippen LogP contribution in [0, 0.1) is 0 Å². The molecule has 1 aromatic rings. The van der Waals surface area contributed by atoms with Crippen molar-refractivity contribution in [3.05, 3.63) is 35.4 Å². The molecule has 1 aromatic carbocycles.